The molecule has 0 aliphatic heterocycles. The molecule has 0 atom stereocenters. The van der Waals surface area contributed by atoms with Crippen LogP contribution in [0.4, 0.5) is 5.69 Å². The molecule has 0 saturated carbocycles. The summed E-state index contributed by atoms with van der Waals surface area (Å²) in [5.74, 6) is -0.158. The number of nitro benzene ring substituents is 1. The number of nitrogens with zero attached hydrogens (tertiary/aromatic N) is 2. The number of nitro groups is 1. The Morgan fingerprint density at radius 1 is 1.15 bits per heavy atom. The summed E-state index contributed by atoms with van der Waals surface area (Å²) in [5, 5.41) is 12.9. The van der Waals surface area contributed by atoms with Crippen molar-refractivity contribution in [3.05, 3.63) is 52.1 Å². The van der Waals surface area contributed by atoms with E-state index in [1.165, 1.54) is 17.6 Å². The molecule has 3 rings (SSSR count). The minimum atomic E-state index is -0.420. The SMILES string of the molecule is CC(=O)n1c2ccccc2c2cc(C)c([N+](=O)[O-])cc21. The van der Waals surface area contributed by atoms with Crippen molar-refractivity contribution < 1.29 is 9.72 Å². The van der Waals surface area contributed by atoms with Gasteiger partial charge in [0.25, 0.3) is 5.69 Å². The van der Waals surface area contributed by atoms with Crippen LogP contribution < -0.4 is 0 Å². The van der Waals surface area contributed by atoms with Crippen LogP contribution in [-0.4, -0.2) is 15.4 Å². The smallest absolute Gasteiger partial charge is 0.274 e. The molecule has 0 bridgehead atoms. The van der Waals surface area contributed by atoms with E-state index in [9.17, 15) is 14.9 Å². The van der Waals surface area contributed by atoms with Crippen LogP contribution in [0.1, 0.15) is 17.3 Å². The summed E-state index contributed by atoms with van der Waals surface area (Å²) < 4.78 is 1.52. The van der Waals surface area contributed by atoms with Crippen molar-refractivity contribution in [2.24, 2.45) is 0 Å². The van der Waals surface area contributed by atoms with Crippen molar-refractivity contribution >= 4 is 33.4 Å². The lowest BCUT2D eigenvalue weighted by Crippen LogP contribution is -2.05. The highest BCUT2D eigenvalue weighted by molar-refractivity contribution is 6.13. The van der Waals surface area contributed by atoms with E-state index in [2.05, 4.69) is 0 Å². The molecule has 0 aliphatic rings. The highest BCUT2D eigenvalue weighted by Gasteiger charge is 2.18. The molecule has 3 aromatic rings. The van der Waals surface area contributed by atoms with Crippen LogP contribution in [0.2, 0.25) is 0 Å². The molecule has 1 heterocycles. The third-order valence-corrected chi connectivity index (χ3v) is 3.50. The van der Waals surface area contributed by atoms with Crippen LogP contribution in [0, 0.1) is 17.0 Å². The monoisotopic (exact) mass is 268 g/mol. The fourth-order valence-corrected chi connectivity index (χ4v) is 2.65. The molecule has 1 aromatic heterocycles. The van der Waals surface area contributed by atoms with Crippen LogP contribution in [0.5, 0.6) is 0 Å². The summed E-state index contributed by atoms with van der Waals surface area (Å²) in [4.78, 5) is 22.5. The van der Waals surface area contributed by atoms with E-state index < -0.39 is 4.92 Å². The molecule has 0 N–H and O–H groups in total. The molecule has 0 fully saturated rings. The van der Waals surface area contributed by atoms with Crippen LogP contribution >= 0.6 is 0 Å². The predicted molar refractivity (Wildman–Crippen MR) is 77.1 cm³/mol. The largest absolute Gasteiger partial charge is 0.280 e. The minimum Gasteiger partial charge on any atom is -0.280 e. The lowest BCUT2D eigenvalue weighted by atomic mass is 10.1. The lowest BCUT2D eigenvalue weighted by Gasteiger charge is -2.02. The van der Waals surface area contributed by atoms with Gasteiger partial charge in [0, 0.05) is 29.3 Å². The zero-order valence-electron chi connectivity index (χ0n) is 11.1. The fourth-order valence-electron chi connectivity index (χ4n) is 2.65. The standard InChI is InChI=1S/C15H12N2O3/c1-9-7-12-11-5-3-4-6-13(11)16(10(2)18)15(12)8-14(9)17(19)20/h3-8H,1-2H3. The fraction of sp³-hybridized carbons (Fsp3) is 0.133. The van der Waals surface area contributed by atoms with Gasteiger partial charge in [-0.05, 0) is 19.1 Å². The number of carbonyl (C=O) groups excluding carboxylic acids is 1. The zero-order valence-corrected chi connectivity index (χ0v) is 11.1. The number of benzene rings is 2. The number of carbonyl (C=O) groups is 1. The topological polar surface area (TPSA) is 65.1 Å². The lowest BCUT2D eigenvalue weighted by molar-refractivity contribution is -0.385. The quantitative estimate of drug-likeness (QED) is 0.499. The van der Waals surface area contributed by atoms with E-state index in [1.54, 1.807) is 13.0 Å². The summed E-state index contributed by atoms with van der Waals surface area (Å²) in [7, 11) is 0. The Morgan fingerprint density at radius 2 is 1.85 bits per heavy atom. The second kappa shape index (κ2) is 4.16. The maximum atomic E-state index is 11.9. The number of fused-ring (bicyclic) bond motifs is 3. The Bertz CT molecular complexity index is 878. The molecule has 0 spiro atoms. The van der Waals surface area contributed by atoms with Crippen molar-refractivity contribution in [2.45, 2.75) is 13.8 Å². The Labute approximate surface area is 114 Å². The average Bonchev–Trinajstić information content (AvgIpc) is 2.71. The Kier molecular flexibility index (Phi) is 2.57. The first-order chi connectivity index (χ1) is 9.50. The van der Waals surface area contributed by atoms with Crippen molar-refractivity contribution in [1.82, 2.24) is 4.57 Å². The van der Waals surface area contributed by atoms with Gasteiger partial charge in [-0.2, -0.15) is 0 Å². The summed E-state index contributed by atoms with van der Waals surface area (Å²) in [6, 6.07) is 10.8. The first-order valence-corrected chi connectivity index (χ1v) is 6.20. The number of para-hydroxylation sites is 1. The molecule has 100 valence electrons. The molecule has 5 nitrogen and oxygen atoms in total. The van der Waals surface area contributed by atoms with E-state index in [4.69, 9.17) is 0 Å². The van der Waals surface area contributed by atoms with Gasteiger partial charge in [0.15, 0.2) is 0 Å². The zero-order chi connectivity index (χ0) is 14.4. The number of hydrogen-bond donors (Lipinski definition) is 0. The van der Waals surface area contributed by atoms with E-state index >= 15 is 0 Å². The van der Waals surface area contributed by atoms with Gasteiger partial charge in [-0.25, -0.2) is 0 Å². The van der Waals surface area contributed by atoms with E-state index in [-0.39, 0.29) is 11.6 Å². The molecule has 20 heavy (non-hydrogen) atoms. The molecule has 0 aliphatic carbocycles. The molecule has 0 unspecified atom stereocenters. The maximum Gasteiger partial charge on any atom is 0.274 e. The summed E-state index contributed by atoms with van der Waals surface area (Å²) >= 11 is 0. The number of aromatic nitrogens is 1. The van der Waals surface area contributed by atoms with Crippen LogP contribution in [0.15, 0.2) is 36.4 Å². The van der Waals surface area contributed by atoms with Gasteiger partial charge < -0.3 is 0 Å². The van der Waals surface area contributed by atoms with Gasteiger partial charge >= 0.3 is 0 Å². The van der Waals surface area contributed by atoms with Crippen molar-refractivity contribution in [3.8, 4) is 0 Å². The molecule has 5 heteroatoms. The Morgan fingerprint density at radius 3 is 2.50 bits per heavy atom. The number of rotatable bonds is 1. The molecule has 0 radical (unpaired) electrons. The van der Waals surface area contributed by atoms with Crippen molar-refractivity contribution in [3.63, 3.8) is 0 Å². The van der Waals surface area contributed by atoms with Gasteiger partial charge in [-0.15, -0.1) is 0 Å². The average molecular weight is 268 g/mol. The maximum absolute atomic E-state index is 11.9. The summed E-state index contributed by atoms with van der Waals surface area (Å²) in [5.41, 5.74) is 1.97. The third-order valence-electron chi connectivity index (χ3n) is 3.50. The third kappa shape index (κ3) is 1.60. The Balaban J connectivity index is 2.57. The van der Waals surface area contributed by atoms with Gasteiger partial charge in [-0.3, -0.25) is 19.5 Å². The Hall–Kier alpha value is -2.69. The predicted octanol–water partition coefficient (Wildman–Crippen LogP) is 3.67. The number of aryl methyl sites for hydroxylation is 1. The van der Waals surface area contributed by atoms with Crippen LogP contribution in [0.3, 0.4) is 0 Å². The summed E-state index contributed by atoms with van der Waals surface area (Å²) in [6.07, 6.45) is 0. The van der Waals surface area contributed by atoms with Gasteiger partial charge in [-0.1, -0.05) is 18.2 Å². The first kappa shape index (κ1) is 12.3. The molecular weight excluding hydrogens is 256 g/mol. The van der Waals surface area contributed by atoms with Crippen molar-refractivity contribution in [2.75, 3.05) is 0 Å². The molecular formula is C15H12N2O3. The summed E-state index contributed by atoms with van der Waals surface area (Å²) in [6.45, 7) is 3.16. The molecule has 2 aromatic carbocycles. The highest BCUT2D eigenvalue weighted by atomic mass is 16.6. The van der Waals surface area contributed by atoms with Crippen molar-refractivity contribution in [1.29, 1.82) is 0 Å². The normalized spacial score (nSPS) is 11.1. The molecule has 0 saturated heterocycles. The van der Waals surface area contributed by atoms with E-state index in [0.29, 0.717) is 11.1 Å². The molecule has 0 amide bonds. The minimum absolute atomic E-state index is 0.0304. The second-order valence-corrected chi connectivity index (χ2v) is 4.78. The van der Waals surface area contributed by atoms with Crippen LogP contribution in [0.25, 0.3) is 21.8 Å². The van der Waals surface area contributed by atoms with Gasteiger partial charge in [0.05, 0.1) is 16.0 Å². The van der Waals surface area contributed by atoms with Crippen LogP contribution in [-0.2, 0) is 0 Å². The van der Waals surface area contributed by atoms with Gasteiger partial charge in [0.1, 0.15) is 0 Å². The van der Waals surface area contributed by atoms with E-state index in [0.717, 1.165) is 16.3 Å². The first-order valence-electron chi connectivity index (χ1n) is 6.20. The van der Waals surface area contributed by atoms with E-state index in [1.807, 2.05) is 24.3 Å². The second-order valence-electron chi connectivity index (χ2n) is 4.78. The van der Waals surface area contributed by atoms with Gasteiger partial charge in [0.2, 0.25) is 5.91 Å². The number of hydrogen-bond acceptors (Lipinski definition) is 3. The highest BCUT2D eigenvalue weighted by Crippen LogP contribution is 2.33.